The van der Waals surface area contributed by atoms with Crippen LogP contribution in [0.1, 0.15) is 18.5 Å². The molecule has 6 nitrogen and oxygen atoms in total. The molecule has 0 heterocycles. The Balaban J connectivity index is 1.99. The summed E-state index contributed by atoms with van der Waals surface area (Å²) in [6.07, 6.45) is -4.53. The van der Waals surface area contributed by atoms with Gasteiger partial charge in [-0.1, -0.05) is 12.1 Å². The first-order valence-electron chi connectivity index (χ1n) is 8.57. The van der Waals surface area contributed by atoms with E-state index in [4.69, 9.17) is 9.47 Å². The molecule has 1 unspecified atom stereocenters. The number of alkyl halides is 5. The van der Waals surface area contributed by atoms with Gasteiger partial charge in [0.05, 0.1) is 13.2 Å². The molecule has 0 saturated heterocycles. The number of carbonyl (C=O) groups is 1. The summed E-state index contributed by atoms with van der Waals surface area (Å²) in [7, 11) is 1.27. The van der Waals surface area contributed by atoms with Gasteiger partial charge in [-0.15, -0.1) is 0 Å². The highest BCUT2D eigenvalue weighted by atomic mass is 19.4. The minimum Gasteiger partial charge on any atom is -0.493 e. The second kappa shape index (κ2) is 9.99. The number of urea groups is 1. The molecule has 2 aromatic rings. The molecule has 11 heteroatoms. The first-order chi connectivity index (χ1) is 14.1. The number of hydrogen-bond donors (Lipinski definition) is 2. The van der Waals surface area contributed by atoms with Gasteiger partial charge in [0.1, 0.15) is 5.75 Å². The molecule has 0 saturated carbocycles. The normalized spacial score (nSPS) is 12.3. The van der Waals surface area contributed by atoms with E-state index in [1.807, 2.05) is 0 Å². The topological polar surface area (TPSA) is 68.8 Å². The number of ether oxygens (including phenoxy) is 3. The van der Waals surface area contributed by atoms with E-state index in [1.165, 1.54) is 49.6 Å². The number of hydrogen-bond acceptors (Lipinski definition) is 4. The summed E-state index contributed by atoms with van der Waals surface area (Å²) >= 11 is 0. The third kappa shape index (κ3) is 7.30. The summed E-state index contributed by atoms with van der Waals surface area (Å²) in [4.78, 5) is 12.2. The largest absolute Gasteiger partial charge is 0.493 e. The Morgan fingerprint density at radius 2 is 1.73 bits per heavy atom. The van der Waals surface area contributed by atoms with Crippen molar-refractivity contribution in [3.63, 3.8) is 0 Å². The van der Waals surface area contributed by atoms with Crippen LogP contribution in [0.3, 0.4) is 0 Å². The van der Waals surface area contributed by atoms with Gasteiger partial charge in [-0.25, -0.2) is 4.79 Å². The van der Waals surface area contributed by atoms with Crippen molar-refractivity contribution in [2.24, 2.45) is 0 Å². The molecule has 0 aromatic heterocycles. The molecule has 2 N–H and O–H groups in total. The van der Waals surface area contributed by atoms with E-state index in [-0.39, 0.29) is 22.9 Å². The van der Waals surface area contributed by atoms with Gasteiger partial charge >= 0.3 is 18.8 Å². The maximum absolute atomic E-state index is 12.4. The van der Waals surface area contributed by atoms with E-state index in [9.17, 15) is 26.7 Å². The van der Waals surface area contributed by atoms with Crippen LogP contribution in [-0.2, 0) is 0 Å². The van der Waals surface area contributed by atoms with Gasteiger partial charge in [-0.05, 0) is 36.8 Å². The van der Waals surface area contributed by atoms with E-state index in [1.54, 1.807) is 6.92 Å². The van der Waals surface area contributed by atoms with E-state index in [0.29, 0.717) is 5.56 Å². The van der Waals surface area contributed by atoms with Crippen LogP contribution < -0.4 is 24.8 Å². The number of amides is 2. The number of methoxy groups -OCH3 is 1. The summed E-state index contributed by atoms with van der Waals surface area (Å²) in [5, 5.41) is 5.10. The standard InChI is InChI=1S/C19H19F5N2O4/c1-11(12-3-6-14(7-4-12)30-17(20)21)25-18(27)26-13-5-8-15(28-2)16(9-13)29-10-19(22,23)24/h3-9,11,17H,10H2,1-2H3,(H2,25,26,27). The zero-order valence-electron chi connectivity index (χ0n) is 15.9. The Bertz CT molecular complexity index is 844. The molecule has 0 aliphatic carbocycles. The molecule has 0 bridgehead atoms. The van der Waals surface area contributed by atoms with Crippen molar-refractivity contribution in [2.75, 3.05) is 19.0 Å². The van der Waals surface area contributed by atoms with Crippen molar-refractivity contribution in [3.8, 4) is 17.2 Å². The second-order valence-corrected chi connectivity index (χ2v) is 6.04. The fraction of sp³-hybridized carbons (Fsp3) is 0.316. The quantitative estimate of drug-likeness (QED) is 0.566. The molecule has 0 spiro atoms. The Hall–Kier alpha value is -3.24. The second-order valence-electron chi connectivity index (χ2n) is 6.04. The van der Waals surface area contributed by atoms with Crippen molar-refractivity contribution in [1.29, 1.82) is 0 Å². The highest BCUT2D eigenvalue weighted by molar-refractivity contribution is 5.89. The summed E-state index contributed by atoms with van der Waals surface area (Å²) in [5.41, 5.74) is 0.800. The molecule has 30 heavy (non-hydrogen) atoms. The average molecular weight is 434 g/mol. The van der Waals surface area contributed by atoms with Crippen LogP contribution in [0.5, 0.6) is 17.2 Å². The molecular formula is C19H19F5N2O4. The zero-order chi connectivity index (χ0) is 22.3. The highest BCUT2D eigenvalue weighted by Crippen LogP contribution is 2.31. The summed E-state index contributed by atoms with van der Waals surface area (Å²) in [6, 6.07) is 8.55. The molecule has 2 aromatic carbocycles. The van der Waals surface area contributed by atoms with Crippen LogP contribution >= 0.6 is 0 Å². The third-order valence-corrected chi connectivity index (χ3v) is 3.77. The smallest absolute Gasteiger partial charge is 0.422 e. The SMILES string of the molecule is COc1ccc(NC(=O)NC(C)c2ccc(OC(F)F)cc2)cc1OCC(F)(F)F. The zero-order valence-corrected chi connectivity index (χ0v) is 15.9. The fourth-order valence-corrected chi connectivity index (χ4v) is 2.41. The van der Waals surface area contributed by atoms with Gasteiger partial charge in [0.15, 0.2) is 18.1 Å². The number of halogens is 5. The molecule has 2 rings (SSSR count). The van der Waals surface area contributed by atoms with Gasteiger partial charge < -0.3 is 24.8 Å². The number of anilines is 1. The Labute approximate surface area is 168 Å². The number of rotatable bonds is 8. The summed E-state index contributed by atoms with van der Waals surface area (Å²) in [5.74, 6) is -0.130. The van der Waals surface area contributed by atoms with Crippen LogP contribution in [0, 0.1) is 0 Å². The highest BCUT2D eigenvalue weighted by Gasteiger charge is 2.29. The van der Waals surface area contributed by atoms with Crippen LogP contribution in [0.2, 0.25) is 0 Å². The van der Waals surface area contributed by atoms with Gasteiger partial charge in [0.2, 0.25) is 0 Å². The van der Waals surface area contributed by atoms with Crippen molar-refractivity contribution < 1.29 is 41.0 Å². The summed E-state index contributed by atoms with van der Waals surface area (Å²) < 4.78 is 75.4. The molecule has 0 aliphatic rings. The minimum atomic E-state index is -4.53. The first kappa shape index (κ1) is 23.0. The van der Waals surface area contributed by atoms with Crippen LogP contribution in [0.4, 0.5) is 32.4 Å². The lowest BCUT2D eigenvalue weighted by Gasteiger charge is -2.17. The van der Waals surface area contributed by atoms with Crippen molar-refractivity contribution in [3.05, 3.63) is 48.0 Å². The van der Waals surface area contributed by atoms with Crippen LogP contribution in [0.25, 0.3) is 0 Å². The van der Waals surface area contributed by atoms with Crippen molar-refractivity contribution in [1.82, 2.24) is 5.32 Å². The van der Waals surface area contributed by atoms with Gasteiger partial charge in [0.25, 0.3) is 0 Å². The fourth-order valence-electron chi connectivity index (χ4n) is 2.41. The van der Waals surface area contributed by atoms with E-state index < -0.39 is 31.5 Å². The monoisotopic (exact) mass is 434 g/mol. The first-order valence-corrected chi connectivity index (χ1v) is 8.57. The van der Waals surface area contributed by atoms with Gasteiger partial charge in [0, 0.05) is 11.8 Å². The van der Waals surface area contributed by atoms with Crippen LogP contribution in [0.15, 0.2) is 42.5 Å². The Morgan fingerprint density at radius 3 is 2.30 bits per heavy atom. The molecule has 164 valence electrons. The molecule has 0 fully saturated rings. The number of benzene rings is 2. The summed E-state index contributed by atoms with van der Waals surface area (Å²) in [6.45, 7) is -2.79. The van der Waals surface area contributed by atoms with Crippen LogP contribution in [-0.4, -0.2) is 32.5 Å². The van der Waals surface area contributed by atoms with E-state index in [0.717, 1.165) is 0 Å². The Kier molecular flexibility index (Phi) is 7.67. The average Bonchev–Trinajstić information content (AvgIpc) is 2.66. The molecule has 2 amide bonds. The van der Waals surface area contributed by atoms with E-state index in [2.05, 4.69) is 15.4 Å². The molecule has 0 radical (unpaired) electrons. The predicted molar refractivity (Wildman–Crippen MR) is 98.2 cm³/mol. The van der Waals surface area contributed by atoms with E-state index >= 15 is 0 Å². The van der Waals surface area contributed by atoms with Crippen molar-refractivity contribution >= 4 is 11.7 Å². The minimum absolute atomic E-state index is 0.0185. The molecular weight excluding hydrogens is 415 g/mol. The third-order valence-electron chi connectivity index (χ3n) is 3.77. The molecule has 0 aliphatic heterocycles. The number of nitrogens with one attached hydrogen (secondary N) is 2. The maximum atomic E-state index is 12.4. The van der Waals surface area contributed by atoms with Gasteiger partial charge in [-0.3, -0.25) is 0 Å². The maximum Gasteiger partial charge on any atom is 0.422 e. The van der Waals surface area contributed by atoms with Crippen molar-refractivity contribution in [2.45, 2.75) is 25.8 Å². The lowest BCUT2D eigenvalue weighted by molar-refractivity contribution is -0.153. The molecule has 1 atom stereocenters. The predicted octanol–water partition coefficient (Wildman–Crippen LogP) is 5.12. The number of carbonyl (C=O) groups excluding carboxylic acids is 1. The Morgan fingerprint density at radius 1 is 1.07 bits per heavy atom. The van der Waals surface area contributed by atoms with Gasteiger partial charge in [-0.2, -0.15) is 22.0 Å². The lowest BCUT2D eigenvalue weighted by atomic mass is 10.1. The lowest BCUT2D eigenvalue weighted by Crippen LogP contribution is -2.31.